The Morgan fingerprint density at radius 3 is 2.63 bits per heavy atom. The van der Waals surface area contributed by atoms with Crippen LogP contribution in [0.2, 0.25) is 0 Å². The third-order valence-electron chi connectivity index (χ3n) is 6.21. The molecule has 1 atom stereocenters. The van der Waals surface area contributed by atoms with Gasteiger partial charge in [-0.15, -0.1) is 11.3 Å². The summed E-state index contributed by atoms with van der Waals surface area (Å²) in [6.45, 7) is 6.85. The number of thiophene rings is 1. The van der Waals surface area contributed by atoms with Crippen molar-refractivity contribution in [1.82, 2.24) is 0 Å². The van der Waals surface area contributed by atoms with Gasteiger partial charge in [0.1, 0.15) is 5.00 Å². The first-order chi connectivity index (χ1) is 14.2. The molecule has 1 aromatic heterocycles. The summed E-state index contributed by atoms with van der Waals surface area (Å²) in [7, 11) is 1.39. The molecule has 4 nitrogen and oxygen atoms in total. The fourth-order valence-electron chi connectivity index (χ4n) is 3.85. The Morgan fingerprint density at radius 2 is 2.00 bits per heavy atom. The van der Waals surface area contributed by atoms with E-state index < -0.39 is 0 Å². The first-order valence-corrected chi connectivity index (χ1v) is 11.8. The number of amides is 1. The van der Waals surface area contributed by atoms with E-state index in [9.17, 15) is 9.59 Å². The van der Waals surface area contributed by atoms with Gasteiger partial charge in [-0.1, -0.05) is 55.3 Å². The zero-order valence-electron chi connectivity index (χ0n) is 17.9. The molecule has 1 aliphatic rings. The van der Waals surface area contributed by atoms with Gasteiger partial charge in [0.15, 0.2) is 0 Å². The molecule has 0 saturated heterocycles. The average Bonchev–Trinajstić information content (AvgIpc) is 3.09. The number of carbonyl (C=O) groups excluding carboxylic acids is 2. The average molecular weight is 490 g/mol. The highest BCUT2D eigenvalue weighted by Crippen LogP contribution is 2.45. The Hall–Kier alpha value is -1.92. The van der Waals surface area contributed by atoms with Gasteiger partial charge in [-0.25, -0.2) is 4.79 Å². The molecule has 1 aromatic carbocycles. The number of nitrogens with one attached hydrogen (secondary N) is 1. The minimum Gasteiger partial charge on any atom is -0.465 e. The molecular formula is C24H28BrNO3S. The Bertz CT molecular complexity index is 960. The number of hydrogen-bond donors (Lipinski definition) is 1. The summed E-state index contributed by atoms with van der Waals surface area (Å²) in [5, 5.41) is 3.50. The molecule has 3 rings (SSSR count). The lowest BCUT2D eigenvalue weighted by atomic mass is 9.69. The predicted octanol–water partition coefficient (Wildman–Crippen LogP) is 6.49. The molecule has 1 amide bonds. The van der Waals surface area contributed by atoms with Crippen LogP contribution in [0.3, 0.4) is 0 Å². The summed E-state index contributed by atoms with van der Waals surface area (Å²) < 4.78 is 6.02. The lowest BCUT2D eigenvalue weighted by Gasteiger charge is -2.36. The summed E-state index contributed by atoms with van der Waals surface area (Å²) in [5.74, 6) is -0.0694. The van der Waals surface area contributed by atoms with E-state index in [1.165, 1.54) is 29.4 Å². The molecule has 1 N–H and O–H groups in total. The van der Waals surface area contributed by atoms with Crippen molar-refractivity contribution in [3.63, 3.8) is 0 Å². The van der Waals surface area contributed by atoms with Crippen LogP contribution in [0.1, 0.15) is 60.0 Å². The summed E-state index contributed by atoms with van der Waals surface area (Å²) in [6, 6.07) is 7.70. The topological polar surface area (TPSA) is 55.4 Å². The molecule has 30 heavy (non-hydrogen) atoms. The van der Waals surface area contributed by atoms with E-state index >= 15 is 0 Å². The smallest absolute Gasteiger partial charge is 0.341 e. The maximum Gasteiger partial charge on any atom is 0.341 e. The molecule has 0 radical (unpaired) electrons. The molecule has 1 aliphatic carbocycles. The molecule has 0 spiro atoms. The number of anilines is 1. The number of rotatable bonds is 6. The van der Waals surface area contributed by atoms with Gasteiger partial charge >= 0.3 is 5.97 Å². The SMILES string of the molecule is CCC(C)(C)C1CCc2c(sc(NC(=O)C=Cc3ccc(Br)cc3)c2C(=O)OC)C1. The van der Waals surface area contributed by atoms with E-state index in [-0.39, 0.29) is 17.3 Å². The van der Waals surface area contributed by atoms with Gasteiger partial charge in [-0.3, -0.25) is 4.79 Å². The maximum atomic E-state index is 12.5. The zero-order chi connectivity index (χ0) is 21.9. The van der Waals surface area contributed by atoms with Crippen LogP contribution in [-0.2, 0) is 22.4 Å². The number of methoxy groups -OCH3 is 1. The van der Waals surface area contributed by atoms with Crippen molar-refractivity contribution in [2.75, 3.05) is 12.4 Å². The van der Waals surface area contributed by atoms with Crippen LogP contribution in [-0.4, -0.2) is 19.0 Å². The van der Waals surface area contributed by atoms with E-state index in [2.05, 4.69) is 42.0 Å². The molecule has 6 heteroatoms. The van der Waals surface area contributed by atoms with Crippen molar-refractivity contribution in [3.8, 4) is 0 Å². The molecule has 0 fully saturated rings. The third kappa shape index (κ3) is 5.03. The molecule has 1 heterocycles. The van der Waals surface area contributed by atoms with Crippen LogP contribution >= 0.6 is 27.3 Å². The lowest BCUT2D eigenvalue weighted by Crippen LogP contribution is -2.28. The number of benzene rings is 1. The van der Waals surface area contributed by atoms with Gasteiger partial charge in [-0.2, -0.15) is 0 Å². The van der Waals surface area contributed by atoms with Gasteiger partial charge < -0.3 is 10.1 Å². The van der Waals surface area contributed by atoms with Crippen molar-refractivity contribution >= 4 is 50.2 Å². The summed E-state index contributed by atoms with van der Waals surface area (Å²) in [5.41, 5.74) is 2.75. The van der Waals surface area contributed by atoms with Crippen molar-refractivity contribution in [3.05, 3.63) is 56.4 Å². The van der Waals surface area contributed by atoms with Crippen LogP contribution in [0.4, 0.5) is 5.00 Å². The highest BCUT2D eigenvalue weighted by Gasteiger charge is 2.35. The summed E-state index contributed by atoms with van der Waals surface area (Å²) >= 11 is 4.92. The standard InChI is InChI=1S/C24H28BrNO3S/c1-5-24(2,3)16-9-12-18-19(14-16)30-22(21(18)23(28)29-4)26-20(27)13-8-15-6-10-17(25)11-7-15/h6-8,10-11,13,16H,5,9,12,14H2,1-4H3,(H,26,27). The molecule has 0 bridgehead atoms. The van der Waals surface area contributed by atoms with Gasteiger partial charge in [0, 0.05) is 15.4 Å². The number of ether oxygens (including phenoxy) is 1. The number of hydrogen-bond acceptors (Lipinski definition) is 4. The van der Waals surface area contributed by atoms with E-state index in [0.29, 0.717) is 16.5 Å². The number of carbonyl (C=O) groups is 2. The van der Waals surface area contributed by atoms with Crippen LogP contribution < -0.4 is 5.32 Å². The minimum absolute atomic E-state index is 0.254. The Balaban J connectivity index is 1.83. The summed E-state index contributed by atoms with van der Waals surface area (Å²) in [4.78, 5) is 26.2. The third-order valence-corrected chi connectivity index (χ3v) is 7.90. The van der Waals surface area contributed by atoms with E-state index in [1.54, 1.807) is 6.08 Å². The van der Waals surface area contributed by atoms with Crippen molar-refractivity contribution in [2.24, 2.45) is 11.3 Å². The predicted molar refractivity (Wildman–Crippen MR) is 127 cm³/mol. The van der Waals surface area contributed by atoms with Crippen molar-refractivity contribution in [1.29, 1.82) is 0 Å². The second kappa shape index (κ2) is 9.48. The second-order valence-corrected chi connectivity index (χ2v) is 10.4. The second-order valence-electron chi connectivity index (χ2n) is 8.36. The number of esters is 1. The Morgan fingerprint density at radius 1 is 1.30 bits per heavy atom. The van der Waals surface area contributed by atoms with Gasteiger partial charge in [-0.05, 0) is 59.9 Å². The minimum atomic E-state index is -0.382. The molecular weight excluding hydrogens is 462 g/mol. The molecule has 2 aromatic rings. The first kappa shape index (κ1) is 22.8. The highest BCUT2D eigenvalue weighted by atomic mass is 79.9. The zero-order valence-corrected chi connectivity index (χ0v) is 20.3. The van der Waals surface area contributed by atoms with Crippen molar-refractivity contribution < 1.29 is 14.3 Å². The number of fused-ring (bicyclic) bond motifs is 1. The van der Waals surface area contributed by atoms with Crippen LogP contribution in [0.15, 0.2) is 34.8 Å². The molecule has 160 valence electrons. The van der Waals surface area contributed by atoms with E-state index in [1.807, 2.05) is 24.3 Å². The fourth-order valence-corrected chi connectivity index (χ4v) is 5.43. The fraction of sp³-hybridized carbons (Fsp3) is 0.417. The highest BCUT2D eigenvalue weighted by molar-refractivity contribution is 9.10. The first-order valence-electron chi connectivity index (χ1n) is 10.2. The Labute approximate surface area is 190 Å². The quantitative estimate of drug-likeness (QED) is 0.372. The lowest BCUT2D eigenvalue weighted by molar-refractivity contribution is -0.111. The van der Waals surface area contributed by atoms with Crippen molar-refractivity contribution in [2.45, 2.75) is 46.5 Å². The van der Waals surface area contributed by atoms with Gasteiger partial charge in [0.05, 0.1) is 12.7 Å². The Kier molecular flexibility index (Phi) is 7.19. The normalized spacial score (nSPS) is 16.4. The molecule has 1 unspecified atom stereocenters. The van der Waals surface area contributed by atoms with E-state index in [0.717, 1.165) is 41.3 Å². The van der Waals surface area contributed by atoms with Gasteiger partial charge in [0.2, 0.25) is 5.91 Å². The number of halogens is 1. The largest absolute Gasteiger partial charge is 0.465 e. The summed E-state index contributed by atoms with van der Waals surface area (Å²) in [6.07, 6.45) is 7.20. The van der Waals surface area contributed by atoms with Crippen LogP contribution in [0.25, 0.3) is 6.08 Å². The maximum absolute atomic E-state index is 12.5. The monoisotopic (exact) mass is 489 g/mol. The van der Waals surface area contributed by atoms with Crippen LogP contribution in [0, 0.1) is 11.3 Å². The van der Waals surface area contributed by atoms with Gasteiger partial charge in [0.25, 0.3) is 0 Å². The van der Waals surface area contributed by atoms with E-state index in [4.69, 9.17) is 4.74 Å². The molecule has 0 aliphatic heterocycles. The molecule has 0 saturated carbocycles. The van der Waals surface area contributed by atoms with Crippen LogP contribution in [0.5, 0.6) is 0 Å².